The lowest BCUT2D eigenvalue weighted by atomic mass is 9.78. The van der Waals surface area contributed by atoms with Gasteiger partial charge in [0, 0.05) is 18.4 Å². The molecule has 1 aromatic heterocycles. The first kappa shape index (κ1) is 24.7. The molecule has 5 heteroatoms. The van der Waals surface area contributed by atoms with Crippen LogP contribution < -0.4 is 5.63 Å². The summed E-state index contributed by atoms with van der Waals surface area (Å²) in [5.74, 6) is -1.20. The molecule has 3 aromatic rings. The molecule has 1 heterocycles. The van der Waals surface area contributed by atoms with E-state index in [1.807, 2.05) is 30.3 Å². The van der Waals surface area contributed by atoms with Crippen LogP contribution in [0.15, 0.2) is 63.8 Å². The van der Waals surface area contributed by atoms with E-state index in [-0.39, 0.29) is 17.1 Å². The number of fused-ring (bicyclic) bond motifs is 1. The molecule has 0 radical (unpaired) electrons. The summed E-state index contributed by atoms with van der Waals surface area (Å²) in [6.07, 6.45) is 4.25. The molecule has 2 atom stereocenters. The van der Waals surface area contributed by atoms with Crippen LogP contribution in [0.5, 0.6) is 5.75 Å². The number of carbonyl (C=O) groups is 1. The van der Waals surface area contributed by atoms with Gasteiger partial charge in [-0.15, -0.1) is 0 Å². The van der Waals surface area contributed by atoms with Gasteiger partial charge < -0.3 is 14.4 Å². The molecule has 0 aliphatic rings. The van der Waals surface area contributed by atoms with Gasteiger partial charge in [0.05, 0.1) is 10.9 Å². The summed E-state index contributed by atoms with van der Waals surface area (Å²) < 4.78 is 5.60. The second-order valence-electron chi connectivity index (χ2n) is 8.76. The molecular weight excluding hydrogens is 414 g/mol. The fourth-order valence-electron chi connectivity index (χ4n) is 4.49. The van der Waals surface area contributed by atoms with Crippen LogP contribution in [-0.4, -0.2) is 35.4 Å². The summed E-state index contributed by atoms with van der Waals surface area (Å²) in [5, 5.41) is 11.7. The third-order valence-electron chi connectivity index (χ3n) is 6.32. The van der Waals surface area contributed by atoms with Crippen molar-refractivity contribution in [1.29, 1.82) is 0 Å². The van der Waals surface area contributed by atoms with Gasteiger partial charge in [-0.2, -0.15) is 0 Å². The molecule has 0 amide bonds. The van der Waals surface area contributed by atoms with Crippen LogP contribution in [0, 0.1) is 5.92 Å². The molecule has 0 spiro atoms. The number of ketones is 1. The van der Waals surface area contributed by atoms with Crippen molar-refractivity contribution in [3.8, 4) is 5.75 Å². The van der Waals surface area contributed by atoms with E-state index in [4.69, 9.17) is 4.42 Å². The van der Waals surface area contributed by atoms with Crippen molar-refractivity contribution in [3.05, 3.63) is 76.1 Å². The second kappa shape index (κ2) is 11.8. The maximum atomic E-state index is 13.2. The number of rotatable bonds is 12. The summed E-state index contributed by atoms with van der Waals surface area (Å²) in [6.45, 7) is 8.23. The lowest BCUT2D eigenvalue weighted by molar-refractivity contribution is -0.121. The molecule has 0 fully saturated rings. The Morgan fingerprint density at radius 3 is 2.18 bits per heavy atom. The Morgan fingerprint density at radius 2 is 1.58 bits per heavy atom. The van der Waals surface area contributed by atoms with Crippen LogP contribution in [0.25, 0.3) is 11.0 Å². The quantitative estimate of drug-likeness (QED) is 0.357. The lowest BCUT2D eigenvalue weighted by Gasteiger charge is -2.31. The van der Waals surface area contributed by atoms with E-state index in [1.54, 1.807) is 31.2 Å². The van der Waals surface area contributed by atoms with Crippen LogP contribution in [0.1, 0.15) is 63.5 Å². The minimum absolute atomic E-state index is 0.00573. The standard InChI is InChI=1S/C28H35NO4/c1-4-6-17-29(18-7-5-2)19-23(20(3)30)25(21-13-9-8-10-14-21)26-27(31)22-15-11-12-16-24(22)33-28(26)32/h8-16,23,25,31H,4-7,17-19H2,1-3H3/t23-,25-/m1/s1. The first-order valence-electron chi connectivity index (χ1n) is 12.0. The number of hydrogen-bond acceptors (Lipinski definition) is 5. The lowest BCUT2D eigenvalue weighted by Crippen LogP contribution is -2.38. The van der Waals surface area contributed by atoms with Crippen molar-refractivity contribution in [2.45, 2.75) is 52.4 Å². The Hall–Kier alpha value is -2.92. The Morgan fingerprint density at radius 1 is 0.970 bits per heavy atom. The zero-order chi connectivity index (χ0) is 23.8. The van der Waals surface area contributed by atoms with E-state index >= 15 is 0 Å². The molecule has 33 heavy (non-hydrogen) atoms. The van der Waals surface area contributed by atoms with Gasteiger partial charge in [-0.1, -0.05) is 69.2 Å². The van der Waals surface area contributed by atoms with Crippen LogP contribution in [0.2, 0.25) is 0 Å². The highest BCUT2D eigenvalue weighted by atomic mass is 16.4. The van der Waals surface area contributed by atoms with Crippen molar-refractivity contribution in [2.75, 3.05) is 19.6 Å². The first-order valence-corrected chi connectivity index (χ1v) is 12.0. The van der Waals surface area contributed by atoms with Crippen molar-refractivity contribution in [2.24, 2.45) is 5.92 Å². The number of benzene rings is 2. The summed E-state index contributed by atoms with van der Waals surface area (Å²) in [6, 6.07) is 16.5. The van der Waals surface area contributed by atoms with Gasteiger partial charge in [-0.05, 0) is 50.6 Å². The predicted octanol–water partition coefficient (Wildman–Crippen LogP) is 5.74. The summed E-state index contributed by atoms with van der Waals surface area (Å²) in [4.78, 5) is 28.6. The molecular formula is C28H35NO4. The number of aromatic hydroxyl groups is 1. The van der Waals surface area contributed by atoms with Gasteiger partial charge in [-0.25, -0.2) is 4.79 Å². The van der Waals surface area contributed by atoms with Gasteiger partial charge in [0.25, 0.3) is 0 Å². The van der Waals surface area contributed by atoms with Gasteiger partial charge in [-0.3, -0.25) is 4.79 Å². The van der Waals surface area contributed by atoms with Crippen molar-refractivity contribution in [3.63, 3.8) is 0 Å². The van der Waals surface area contributed by atoms with E-state index < -0.39 is 17.5 Å². The highest BCUT2D eigenvalue weighted by Gasteiger charge is 2.35. The molecule has 2 aromatic carbocycles. The van der Waals surface area contributed by atoms with Gasteiger partial charge >= 0.3 is 5.63 Å². The second-order valence-corrected chi connectivity index (χ2v) is 8.76. The Bertz CT molecular complexity index is 1100. The number of hydrogen-bond donors (Lipinski definition) is 1. The summed E-state index contributed by atoms with van der Waals surface area (Å²) in [7, 11) is 0. The Balaban J connectivity index is 2.14. The van der Waals surface area contributed by atoms with Crippen LogP contribution in [0.3, 0.4) is 0 Å². The van der Waals surface area contributed by atoms with Gasteiger partial charge in [0.15, 0.2) is 0 Å². The molecule has 0 bridgehead atoms. The average molecular weight is 450 g/mol. The van der Waals surface area contributed by atoms with E-state index in [1.165, 1.54) is 0 Å². The fourth-order valence-corrected chi connectivity index (χ4v) is 4.49. The Kier molecular flexibility index (Phi) is 8.84. The monoisotopic (exact) mass is 449 g/mol. The minimum Gasteiger partial charge on any atom is -0.507 e. The maximum Gasteiger partial charge on any atom is 0.343 e. The average Bonchev–Trinajstić information content (AvgIpc) is 2.82. The molecule has 5 nitrogen and oxygen atoms in total. The molecule has 0 aliphatic carbocycles. The maximum absolute atomic E-state index is 13.2. The molecule has 0 saturated carbocycles. The van der Waals surface area contributed by atoms with Gasteiger partial charge in [0.1, 0.15) is 17.1 Å². The SMILES string of the molecule is CCCCN(CCCC)C[C@H](C(C)=O)[C@@H](c1ccccc1)c1c(O)c2ccccc2oc1=O. The highest BCUT2D eigenvalue weighted by molar-refractivity contribution is 5.86. The number of carbonyl (C=O) groups excluding carboxylic acids is 1. The van der Waals surface area contributed by atoms with E-state index in [0.717, 1.165) is 44.3 Å². The highest BCUT2D eigenvalue weighted by Crippen LogP contribution is 2.39. The topological polar surface area (TPSA) is 70.8 Å². The molecule has 1 N–H and O–H groups in total. The zero-order valence-electron chi connectivity index (χ0n) is 19.9. The van der Waals surface area contributed by atoms with Gasteiger partial charge in [0.2, 0.25) is 0 Å². The third kappa shape index (κ3) is 5.91. The number of Topliss-reactive ketones (excluding diaryl/α,β-unsaturated/α-hetero) is 1. The molecule has 3 rings (SSSR count). The van der Waals surface area contributed by atoms with E-state index in [2.05, 4.69) is 18.7 Å². The molecule has 176 valence electrons. The van der Waals surface area contributed by atoms with Crippen LogP contribution in [0.4, 0.5) is 0 Å². The van der Waals surface area contributed by atoms with Crippen molar-refractivity contribution >= 4 is 16.8 Å². The first-order chi connectivity index (χ1) is 16.0. The van der Waals surface area contributed by atoms with E-state index in [9.17, 15) is 14.7 Å². The fraction of sp³-hybridized carbons (Fsp3) is 0.429. The molecule has 0 saturated heterocycles. The van der Waals surface area contributed by atoms with E-state index in [0.29, 0.717) is 17.5 Å². The molecule has 0 aliphatic heterocycles. The van der Waals surface area contributed by atoms with Crippen molar-refractivity contribution < 1.29 is 14.3 Å². The largest absolute Gasteiger partial charge is 0.507 e. The zero-order valence-corrected chi connectivity index (χ0v) is 19.9. The third-order valence-corrected chi connectivity index (χ3v) is 6.32. The smallest absolute Gasteiger partial charge is 0.343 e. The van der Waals surface area contributed by atoms with Crippen molar-refractivity contribution in [1.82, 2.24) is 4.90 Å². The van der Waals surface area contributed by atoms with Crippen LogP contribution >= 0.6 is 0 Å². The number of nitrogens with zero attached hydrogens (tertiary/aromatic N) is 1. The summed E-state index contributed by atoms with van der Waals surface area (Å²) in [5.41, 5.74) is 0.718. The minimum atomic E-state index is -0.602. The summed E-state index contributed by atoms with van der Waals surface area (Å²) >= 11 is 0. The number of unbranched alkanes of at least 4 members (excludes halogenated alkanes) is 2. The Labute approximate surface area is 196 Å². The number of para-hydroxylation sites is 1. The van der Waals surface area contributed by atoms with Crippen LogP contribution in [-0.2, 0) is 4.79 Å². The predicted molar refractivity (Wildman–Crippen MR) is 133 cm³/mol. The molecule has 0 unspecified atom stereocenters. The normalized spacial score (nSPS) is 13.3.